The molecule has 2 aromatic heterocycles. The molecule has 0 unspecified atom stereocenters. The van der Waals surface area contributed by atoms with Gasteiger partial charge in [-0.3, -0.25) is 0 Å². The minimum Gasteiger partial charge on any atom is -0.361 e. The van der Waals surface area contributed by atoms with Crippen LogP contribution >= 0.6 is 11.8 Å². The van der Waals surface area contributed by atoms with Gasteiger partial charge in [0.05, 0.1) is 22.6 Å². The standard InChI is InChI=1S/C16H22N4O2S/c1-5-23-15-7-6-13(9-17-15)19-16(21)18-10(2)8-14-11(3)20-22-12(14)4/h6-7,9-10H,5,8H2,1-4H3,(H2,18,19,21)/t10-/m0/s1. The Morgan fingerprint density at radius 3 is 2.74 bits per heavy atom. The van der Waals surface area contributed by atoms with Crippen LogP contribution in [0.15, 0.2) is 27.9 Å². The van der Waals surface area contributed by atoms with Crippen LogP contribution in [0.25, 0.3) is 0 Å². The van der Waals surface area contributed by atoms with E-state index in [1.807, 2.05) is 32.9 Å². The van der Waals surface area contributed by atoms with Crippen LogP contribution in [-0.2, 0) is 6.42 Å². The molecule has 7 heteroatoms. The Morgan fingerprint density at radius 1 is 1.39 bits per heavy atom. The minimum atomic E-state index is -0.248. The molecule has 0 aliphatic rings. The van der Waals surface area contributed by atoms with Crippen molar-refractivity contribution in [2.24, 2.45) is 0 Å². The lowest BCUT2D eigenvalue weighted by Crippen LogP contribution is -2.37. The molecule has 2 N–H and O–H groups in total. The van der Waals surface area contributed by atoms with Crippen molar-refractivity contribution < 1.29 is 9.32 Å². The Morgan fingerprint density at radius 2 is 2.17 bits per heavy atom. The van der Waals surface area contributed by atoms with E-state index in [2.05, 4.69) is 27.7 Å². The predicted molar refractivity (Wildman–Crippen MR) is 91.9 cm³/mol. The zero-order chi connectivity index (χ0) is 16.8. The number of nitrogens with one attached hydrogen (secondary N) is 2. The first-order chi connectivity index (χ1) is 11.0. The highest BCUT2D eigenvalue weighted by molar-refractivity contribution is 7.99. The van der Waals surface area contributed by atoms with E-state index in [1.54, 1.807) is 18.0 Å². The summed E-state index contributed by atoms with van der Waals surface area (Å²) in [7, 11) is 0. The molecule has 0 aliphatic carbocycles. The van der Waals surface area contributed by atoms with Gasteiger partial charge in [-0.15, -0.1) is 11.8 Å². The highest BCUT2D eigenvalue weighted by Gasteiger charge is 2.14. The largest absolute Gasteiger partial charge is 0.361 e. The number of carbonyl (C=O) groups excluding carboxylic acids is 1. The van der Waals surface area contributed by atoms with Gasteiger partial charge in [0, 0.05) is 11.6 Å². The van der Waals surface area contributed by atoms with Crippen molar-refractivity contribution in [3.8, 4) is 0 Å². The summed E-state index contributed by atoms with van der Waals surface area (Å²) in [5.74, 6) is 1.77. The molecule has 0 saturated carbocycles. The van der Waals surface area contributed by atoms with Crippen LogP contribution in [0.5, 0.6) is 0 Å². The molecule has 0 bridgehead atoms. The lowest BCUT2D eigenvalue weighted by molar-refractivity contribution is 0.249. The van der Waals surface area contributed by atoms with Gasteiger partial charge in [-0.1, -0.05) is 12.1 Å². The first kappa shape index (κ1) is 17.3. The van der Waals surface area contributed by atoms with E-state index in [4.69, 9.17) is 4.52 Å². The fourth-order valence-corrected chi connectivity index (χ4v) is 2.82. The van der Waals surface area contributed by atoms with Crippen LogP contribution in [0.4, 0.5) is 10.5 Å². The van der Waals surface area contributed by atoms with Crippen molar-refractivity contribution in [3.63, 3.8) is 0 Å². The third kappa shape index (κ3) is 4.99. The summed E-state index contributed by atoms with van der Waals surface area (Å²) in [6.07, 6.45) is 2.34. The average molecular weight is 334 g/mol. The lowest BCUT2D eigenvalue weighted by Gasteiger charge is -2.14. The van der Waals surface area contributed by atoms with E-state index in [9.17, 15) is 4.79 Å². The Balaban J connectivity index is 1.86. The molecule has 124 valence electrons. The second kappa shape index (κ2) is 8.01. The van der Waals surface area contributed by atoms with Crippen molar-refractivity contribution in [1.29, 1.82) is 0 Å². The van der Waals surface area contributed by atoms with Crippen LogP contribution in [0.2, 0.25) is 0 Å². The van der Waals surface area contributed by atoms with Crippen LogP contribution in [-0.4, -0.2) is 28.0 Å². The number of aryl methyl sites for hydroxylation is 2. The monoisotopic (exact) mass is 334 g/mol. The number of thioether (sulfide) groups is 1. The second-order valence-corrected chi connectivity index (χ2v) is 6.61. The van der Waals surface area contributed by atoms with Gasteiger partial charge in [-0.25, -0.2) is 9.78 Å². The van der Waals surface area contributed by atoms with Gasteiger partial charge in [0.15, 0.2) is 0 Å². The summed E-state index contributed by atoms with van der Waals surface area (Å²) >= 11 is 1.66. The number of aromatic nitrogens is 2. The number of urea groups is 1. The molecule has 23 heavy (non-hydrogen) atoms. The highest BCUT2D eigenvalue weighted by Crippen LogP contribution is 2.17. The third-order valence-electron chi connectivity index (χ3n) is 3.36. The van der Waals surface area contributed by atoms with Gasteiger partial charge < -0.3 is 15.2 Å². The van der Waals surface area contributed by atoms with Crippen molar-refractivity contribution in [2.75, 3.05) is 11.1 Å². The molecular formula is C16H22N4O2S. The number of amides is 2. The maximum Gasteiger partial charge on any atom is 0.319 e. The van der Waals surface area contributed by atoms with E-state index >= 15 is 0 Å². The predicted octanol–water partition coefficient (Wildman–Crippen LogP) is 3.55. The number of rotatable bonds is 6. The van der Waals surface area contributed by atoms with E-state index in [0.717, 1.165) is 27.8 Å². The molecular weight excluding hydrogens is 312 g/mol. The van der Waals surface area contributed by atoms with E-state index in [0.29, 0.717) is 12.1 Å². The van der Waals surface area contributed by atoms with Crippen molar-refractivity contribution in [1.82, 2.24) is 15.5 Å². The zero-order valence-electron chi connectivity index (χ0n) is 13.8. The summed E-state index contributed by atoms with van der Waals surface area (Å²) in [6, 6.07) is 3.47. The Labute approximate surface area is 140 Å². The highest BCUT2D eigenvalue weighted by atomic mass is 32.2. The first-order valence-corrected chi connectivity index (χ1v) is 8.56. The van der Waals surface area contributed by atoms with E-state index < -0.39 is 0 Å². The Bertz CT molecular complexity index is 635. The molecule has 0 spiro atoms. The van der Waals surface area contributed by atoms with Crippen LogP contribution in [0.1, 0.15) is 30.9 Å². The van der Waals surface area contributed by atoms with Crippen molar-refractivity contribution in [2.45, 2.75) is 45.2 Å². The van der Waals surface area contributed by atoms with Gasteiger partial charge in [0.1, 0.15) is 5.76 Å². The van der Waals surface area contributed by atoms with Gasteiger partial charge >= 0.3 is 6.03 Å². The average Bonchev–Trinajstić information content (AvgIpc) is 2.81. The molecule has 6 nitrogen and oxygen atoms in total. The summed E-state index contributed by atoms with van der Waals surface area (Å²) in [5, 5.41) is 10.6. The van der Waals surface area contributed by atoms with Gasteiger partial charge in [-0.05, 0) is 45.1 Å². The lowest BCUT2D eigenvalue weighted by atomic mass is 10.1. The number of pyridine rings is 1. The van der Waals surface area contributed by atoms with Crippen LogP contribution < -0.4 is 10.6 Å². The van der Waals surface area contributed by atoms with Crippen molar-refractivity contribution in [3.05, 3.63) is 35.3 Å². The molecule has 0 radical (unpaired) electrons. The van der Waals surface area contributed by atoms with Gasteiger partial charge in [-0.2, -0.15) is 0 Å². The number of carbonyl (C=O) groups is 1. The molecule has 2 amide bonds. The molecule has 0 fully saturated rings. The first-order valence-electron chi connectivity index (χ1n) is 7.57. The topological polar surface area (TPSA) is 80.0 Å². The summed E-state index contributed by atoms with van der Waals surface area (Å²) in [5.41, 5.74) is 2.58. The molecule has 0 aromatic carbocycles. The van der Waals surface area contributed by atoms with Gasteiger partial charge in [0.25, 0.3) is 0 Å². The van der Waals surface area contributed by atoms with E-state index in [1.165, 1.54) is 0 Å². The van der Waals surface area contributed by atoms with Gasteiger partial charge in [0.2, 0.25) is 0 Å². The SMILES string of the molecule is CCSc1ccc(NC(=O)N[C@@H](C)Cc2c(C)noc2C)cn1. The molecule has 1 atom stereocenters. The van der Waals surface area contributed by atoms with E-state index in [-0.39, 0.29) is 12.1 Å². The number of anilines is 1. The smallest absolute Gasteiger partial charge is 0.319 e. The minimum absolute atomic E-state index is 0.0327. The fourth-order valence-electron chi connectivity index (χ4n) is 2.23. The van der Waals surface area contributed by atoms with Crippen LogP contribution in [0, 0.1) is 13.8 Å². The second-order valence-electron chi connectivity index (χ2n) is 5.32. The van der Waals surface area contributed by atoms with Crippen molar-refractivity contribution >= 4 is 23.5 Å². The number of hydrogen-bond acceptors (Lipinski definition) is 5. The van der Waals surface area contributed by atoms with Crippen LogP contribution in [0.3, 0.4) is 0 Å². The molecule has 2 aromatic rings. The normalized spacial score (nSPS) is 12.0. The zero-order valence-corrected chi connectivity index (χ0v) is 14.7. The number of nitrogens with zero attached hydrogens (tertiary/aromatic N) is 2. The maximum absolute atomic E-state index is 12.0. The molecule has 2 rings (SSSR count). The third-order valence-corrected chi connectivity index (χ3v) is 4.18. The summed E-state index contributed by atoms with van der Waals surface area (Å²) in [4.78, 5) is 16.3. The quantitative estimate of drug-likeness (QED) is 0.790. The summed E-state index contributed by atoms with van der Waals surface area (Å²) in [6.45, 7) is 7.81. The Hall–Kier alpha value is -2.02. The Kier molecular flexibility index (Phi) is 6.04. The molecule has 0 saturated heterocycles. The fraction of sp³-hybridized carbons (Fsp3) is 0.438. The molecule has 2 heterocycles. The summed E-state index contributed by atoms with van der Waals surface area (Å²) < 4.78 is 5.14. The maximum atomic E-state index is 12.0. The molecule has 0 aliphatic heterocycles. The number of hydrogen-bond donors (Lipinski definition) is 2.